The van der Waals surface area contributed by atoms with E-state index in [0.29, 0.717) is 5.89 Å². The summed E-state index contributed by atoms with van der Waals surface area (Å²) in [6.07, 6.45) is 0. The molecule has 1 aromatic heterocycles. The fourth-order valence-corrected chi connectivity index (χ4v) is 4.12. The summed E-state index contributed by atoms with van der Waals surface area (Å²) in [6.45, 7) is 6.67. The number of anilines is 2. The molecule has 0 fully saturated rings. The molecule has 4 aromatic carbocycles. The van der Waals surface area contributed by atoms with Crippen molar-refractivity contribution in [1.29, 1.82) is 0 Å². The standard InChI is InChI=1S/C29H26N2O/c1-29(2,3)31(24-16-14-22(15-17-24)21-10-6-4-7-11-21)25-18-19-27-26(20-25)30-28(32-27)23-12-8-5-9-13-23/h4-20H,1-3H3. The average Bonchev–Trinajstić information content (AvgIpc) is 3.24. The molecule has 0 bridgehead atoms. The van der Waals surface area contributed by atoms with E-state index < -0.39 is 0 Å². The van der Waals surface area contributed by atoms with Gasteiger partial charge in [-0.05, 0) is 74.4 Å². The van der Waals surface area contributed by atoms with Crippen molar-refractivity contribution in [3.63, 3.8) is 0 Å². The second-order valence-electron chi connectivity index (χ2n) is 8.96. The molecule has 0 radical (unpaired) electrons. The fourth-order valence-electron chi connectivity index (χ4n) is 4.12. The monoisotopic (exact) mass is 418 g/mol. The molecule has 5 rings (SSSR count). The minimum atomic E-state index is -0.117. The SMILES string of the molecule is CC(C)(C)N(c1ccc(-c2ccccc2)cc1)c1ccc2oc(-c3ccccc3)nc2c1. The summed E-state index contributed by atoms with van der Waals surface area (Å²) in [4.78, 5) is 7.11. The highest BCUT2D eigenvalue weighted by molar-refractivity contribution is 5.82. The van der Waals surface area contributed by atoms with Crippen molar-refractivity contribution < 1.29 is 4.42 Å². The van der Waals surface area contributed by atoms with Crippen molar-refractivity contribution in [3.8, 4) is 22.6 Å². The zero-order chi connectivity index (χ0) is 22.1. The first-order chi connectivity index (χ1) is 15.5. The van der Waals surface area contributed by atoms with E-state index in [1.165, 1.54) is 11.1 Å². The molecule has 3 nitrogen and oxygen atoms in total. The molecule has 0 aliphatic rings. The van der Waals surface area contributed by atoms with Gasteiger partial charge in [0.25, 0.3) is 0 Å². The van der Waals surface area contributed by atoms with Crippen molar-refractivity contribution in [2.24, 2.45) is 0 Å². The first kappa shape index (κ1) is 20.1. The normalized spacial score (nSPS) is 11.6. The molecular weight excluding hydrogens is 392 g/mol. The second kappa shape index (κ2) is 8.01. The van der Waals surface area contributed by atoms with Crippen LogP contribution in [0.3, 0.4) is 0 Å². The van der Waals surface area contributed by atoms with Crippen LogP contribution in [0.1, 0.15) is 20.8 Å². The van der Waals surface area contributed by atoms with Crippen LogP contribution in [0.15, 0.2) is 108 Å². The van der Waals surface area contributed by atoms with Crippen LogP contribution in [-0.2, 0) is 0 Å². The van der Waals surface area contributed by atoms with Gasteiger partial charge in [-0.15, -0.1) is 0 Å². The summed E-state index contributed by atoms with van der Waals surface area (Å²) in [5.74, 6) is 0.646. The van der Waals surface area contributed by atoms with Gasteiger partial charge in [-0.3, -0.25) is 0 Å². The van der Waals surface area contributed by atoms with Gasteiger partial charge in [-0.2, -0.15) is 0 Å². The van der Waals surface area contributed by atoms with E-state index >= 15 is 0 Å². The highest BCUT2D eigenvalue weighted by Gasteiger charge is 2.24. The smallest absolute Gasteiger partial charge is 0.227 e. The summed E-state index contributed by atoms with van der Waals surface area (Å²) < 4.78 is 6.02. The van der Waals surface area contributed by atoms with E-state index in [1.807, 2.05) is 42.5 Å². The Morgan fingerprint density at radius 2 is 1.19 bits per heavy atom. The summed E-state index contributed by atoms with van der Waals surface area (Å²) in [6, 6.07) is 35.5. The van der Waals surface area contributed by atoms with E-state index in [2.05, 4.69) is 86.3 Å². The largest absolute Gasteiger partial charge is 0.436 e. The van der Waals surface area contributed by atoms with Crippen LogP contribution in [0.5, 0.6) is 0 Å². The van der Waals surface area contributed by atoms with E-state index in [-0.39, 0.29) is 5.54 Å². The first-order valence-corrected chi connectivity index (χ1v) is 10.9. The molecule has 3 heteroatoms. The lowest BCUT2D eigenvalue weighted by Crippen LogP contribution is -2.37. The zero-order valence-electron chi connectivity index (χ0n) is 18.6. The van der Waals surface area contributed by atoms with E-state index in [1.54, 1.807) is 0 Å². The van der Waals surface area contributed by atoms with Crippen molar-refractivity contribution in [2.75, 3.05) is 4.90 Å². The molecule has 0 saturated carbocycles. The highest BCUT2D eigenvalue weighted by atomic mass is 16.3. The third kappa shape index (κ3) is 3.90. The Kier molecular flexibility index (Phi) is 5.02. The Morgan fingerprint density at radius 1 is 0.625 bits per heavy atom. The van der Waals surface area contributed by atoms with Crippen LogP contribution in [-0.4, -0.2) is 10.5 Å². The van der Waals surface area contributed by atoms with Crippen LogP contribution in [0.4, 0.5) is 11.4 Å². The molecule has 0 aliphatic carbocycles. The Labute approximate surface area is 189 Å². The van der Waals surface area contributed by atoms with E-state index in [9.17, 15) is 0 Å². The molecule has 158 valence electrons. The number of aromatic nitrogens is 1. The minimum Gasteiger partial charge on any atom is -0.436 e. The number of hydrogen-bond acceptors (Lipinski definition) is 3. The van der Waals surface area contributed by atoms with Crippen LogP contribution < -0.4 is 4.90 Å². The van der Waals surface area contributed by atoms with Gasteiger partial charge in [-0.1, -0.05) is 60.7 Å². The van der Waals surface area contributed by atoms with Gasteiger partial charge >= 0.3 is 0 Å². The summed E-state index contributed by atoms with van der Waals surface area (Å²) in [5, 5.41) is 0. The number of hydrogen-bond donors (Lipinski definition) is 0. The van der Waals surface area contributed by atoms with E-state index in [0.717, 1.165) is 28.0 Å². The van der Waals surface area contributed by atoms with Gasteiger partial charge < -0.3 is 9.32 Å². The van der Waals surface area contributed by atoms with Crippen LogP contribution in [0, 0.1) is 0 Å². The summed E-state index contributed by atoms with van der Waals surface area (Å²) in [5.41, 5.74) is 7.18. The Morgan fingerprint density at radius 3 is 1.81 bits per heavy atom. The molecular formula is C29H26N2O. The molecule has 32 heavy (non-hydrogen) atoms. The third-order valence-corrected chi connectivity index (χ3v) is 5.55. The number of benzene rings is 4. The Balaban J connectivity index is 1.53. The topological polar surface area (TPSA) is 29.3 Å². The van der Waals surface area contributed by atoms with Gasteiger partial charge in [0.05, 0.1) is 0 Å². The molecule has 1 heterocycles. The number of fused-ring (bicyclic) bond motifs is 1. The number of rotatable bonds is 4. The van der Waals surface area contributed by atoms with Gasteiger partial charge in [0, 0.05) is 22.5 Å². The van der Waals surface area contributed by atoms with Crippen molar-refractivity contribution in [3.05, 3.63) is 103 Å². The predicted octanol–water partition coefficient (Wildman–Crippen LogP) is 8.10. The molecule has 0 atom stereocenters. The van der Waals surface area contributed by atoms with Gasteiger partial charge in [0.2, 0.25) is 5.89 Å². The Bertz CT molecular complexity index is 1330. The van der Waals surface area contributed by atoms with Gasteiger partial charge in [0.1, 0.15) is 5.52 Å². The number of nitrogens with zero attached hydrogens (tertiary/aromatic N) is 2. The van der Waals surface area contributed by atoms with E-state index in [4.69, 9.17) is 9.40 Å². The molecule has 5 aromatic rings. The van der Waals surface area contributed by atoms with Crippen molar-refractivity contribution in [1.82, 2.24) is 4.98 Å². The zero-order valence-corrected chi connectivity index (χ0v) is 18.6. The lowest BCUT2D eigenvalue weighted by Gasteiger charge is -2.38. The predicted molar refractivity (Wildman–Crippen MR) is 133 cm³/mol. The quantitative estimate of drug-likeness (QED) is 0.295. The maximum atomic E-state index is 6.02. The molecule has 0 amide bonds. The Hall–Kier alpha value is -3.85. The molecule has 0 saturated heterocycles. The van der Waals surface area contributed by atoms with Gasteiger partial charge in [-0.25, -0.2) is 4.98 Å². The third-order valence-electron chi connectivity index (χ3n) is 5.55. The maximum Gasteiger partial charge on any atom is 0.227 e. The fraction of sp³-hybridized carbons (Fsp3) is 0.138. The minimum absolute atomic E-state index is 0.117. The lowest BCUT2D eigenvalue weighted by molar-refractivity contribution is 0.560. The molecule has 0 unspecified atom stereocenters. The maximum absolute atomic E-state index is 6.02. The second-order valence-corrected chi connectivity index (χ2v) is 8.96. The van der Waals surface area contributed by atoms with Crippen LogP contribution in [0.25, 0.3) is 33.7 Å². The highest BCUT2D eigenvalue weighted by Crippen LogP contribution is 2.36. The van der Waals surface area contributed by atoms with Gasteiger partial charge in [0.15, 0.2) is 5.58 Å². The molecule has 0 N–H and O–H groups in total. The summed E-state index contributed by atoms with van der Waals surface area (Å²) >= 11 is 0. The molecule has 0 spiro atoms. The van der Waals surface area contributed by atoms with Crippen molar-refractivity contribution >= 4 is 22.5 Å². The summed E-state index contributed by atoms with van der Waals surface area (Å²) in [7, 11) is 0. The molecule has 0 aliphatic heterocycles. The van der Waals surface area contributed by atoms with Crippen molar-refractivity contribution in [2.45, 2.75) is 26.3 Å². The average molecular weight is 419 g/mol. The first-order valence-electron chi connectivity index (χ1n) is 10.9. The van der Waals surface area contributed by atoms with Crippen LogP contribution >= 0.6 is 0 Å². The number of oxazole rings is 1. The van der Waals surface area contributed by atoms with Crippen LogP contribution in [0.2, 0.25) is 0 Å². The lowest BCUT2D eigenvalue weighted by atomic mass is 10.0.